The number of benzene rings is 4. The molecular formula is C33H27ClN2O7. The fourth-order valence-corrected chi connectivity index (χ4v) is 4.84. The summed E-state index contributed by atoms with van der Waals surface area (Å²) in [6.07, 6.45) is 0. The molecule has 4 aromatic rings. The van der Waals surface area contributed by atoms with Gasteiger partial charge < -0.3 is 34.2 Å². The first kappa shape index (κ1) is 29.2. The van der Waals surface area contributed by atoms with Crippen molar-refractivity contribution in [3.63, 3.8) is 0 Å². The summed E-state index contributed by atoms with van der Waals surface area (Å²) in [6, 6.07) is 24.9. The number of nitrogens with zero attached hydrogens (tertiary/aromatic N) is 1. The number of nitriles is 1. The molecule has 0 aromatic heterocycles. The Morgan fingerprint density at radius 3 is 2.16 bits per heavy atom. The number of allylic oxidation sites excluding steroid dienone is 1. The minimum Gasteiger partial charge on any atom is -0.493 e. The molecule has 0 bridgehead atoms. The van der Waals surface area contributed by atoms with Crippen LogP contribution in [-0.4, -0.2) is 27.3 Å². The molecule has 0 amide bonds. The number of halogens is 1. The van der Waals surface area contributed by atoms with Gasteiger partial charge in [-0.15, -0.1) is 0 Å². The van der Waals surface area contributed by atoms with Gasteiger partial charge in [0.15, 0.2) is 11.5 Å². The second-order valence-electron chi connectivity index (χ2n) is 9.41. The molecule has 1 aliphatic heterocycles. The molecule has 1 atom stereocenters. The number of hydrogen-bond acceptors (Lipinski definition) is 9. The van der Waals surface area contributed by atoms with Crippen molar-refractivity contribution in [3.8, 4) is 40.6 Å². The molecule has 0 aliphatic carbocycles. The fraction of sp³-hybridized carbons (Fsp3) is 0.152. The monoisotopic (exact) mass is 598 g/mol. The Balaban J connectivity index is 1.38. The summed E-state index contributed by atoms with van der Waals surface area (Å²) in [6.45, 7) is 0.379. The van der Waals surface area contributed by atoms with Gasteiger partial charge in [-0.1, -0.05) is 41.9 Å². The maximum absolute atomic E-state index is 13.0. The van der Waals surface area contributed by atoms with E-state index in [1.807, 2.05) is 48.5 Å². The van der Waals surface area contributed by atoms with E-state index in [9.17, 15) is 10.1 Å². The Kier molecular flexibility index (Phi) is 8.60. The van der Waals surface area contributed by atoms with Crippen molar-refractivity contribution in [3.05, 3.63) is 118 Å². The molecule has 9 nitrogen and oxygen atoms in total. The van der Waals surface area contributed by atoms with Crippen LogP contribution < -0.4 is 34.2 Å². The summed E-state index contributed by atoms with van der Waals surface area (Å²) >= 11 is 5.96. The van der Waals surface area contributed by atoms with Gasteiger partial charge >= 0.3 is 5.97 Å². The first-order valence-electron chi connectivity index (χ1n) is 13.1. The summed E-state index contributed by atoms with van der Waals surface area (Å²) in [4.78, 5) is 13.0. The van der Waals surface area contributed by atoms with E-state index in [1.165, 1.54) is 33.5 Å². The van der Waals surface area contributed by atoms with Gasteiger partial charge in [-0.2, -0.15) is 5.26 Å². The number of hydrogen-bond donors (Lipinski definition) is 1. The molecule has 0 fully saturated rings. The molecule has 1 heterocycles. The molecule has 0 saturated carbocycles. The lowest BCUT2D eigenvalue weighted by Crippen LogP contribution is -2.21. The van der Waals surface area contributed by atoms with Crippen molar-refractivity contribution in [1.82, 2.24) is 0 Å². The average Bonchev–Trinajstić information content (AvgIpc) is 3.03. The number of methoxy groups -OCH3 is 3. The number of ether oxygens (including phenoxy) is 6. The van der Waals surface area contributed by atoms with Crippen molar-refractivity contribution in [2.24, 2.45) is 5.73 Å². The lowest BCUT2D eigenvalue weighted by molar-refractivity contribution is 0.0733. The molecule has 1 aliphatic rings. The van der Waals surface area contributed by atoms with Gasteiger partial charge in [0.2, 0.25) is 11.6 Å². The smallest absolute Gasteiger partial charge is 0.343 e. The van der Waals surface area contributed by atoms with Gasteiger partial charge in [-0.05, 0) is 53.6 Å². The molecule has 218 valence electrons. The van der Waals surface area contributed by atoms with Crippen molar-refractivity contribution in [2.45, 2.75) is 12.5 Å². The molecule has 0 saturated heterocycles. The van der Waals surface area contributed by atoms with Gasteiger partial charge in [0.1, 0.15) is 35.5 Å². The third-order valence-electron chi connectivity index (χ3n) is 6.83. The highest BCUT2D eigenvalue weighted by Crippen LogP contribution is 2.44. The Morgan fingerprint density at radius 1 is 0.907 bits per heavy atom. The molecule has 10 heteroatoms. The third-order valence-corrected chi connectivity index (χ3v) is 7.09. The summed E-state index contributed by atoms with van der Waals surface area (Å²) in [5, 5.41) is 10.6. The van der Waals surface area contributed by atoms with Crippen LogP contribution in [0.1, 0.15) is 33.0 Å². The summed E-state index contributed by atoms with van der Waals surface area (Å²) in [7, 11) is 4.39. The predicted molar refractivity (Wildman–Crippen MR) is 159 cm³/mol. The highest BCUT2D eigenvalue weighted by atomic mass is 35.5. The van der Waals surface area contributed by atoms with Crippen LogP contribution >= 0.6 is 11.6 Å². The van der Waals surface area contributed by atoms with Gasteiger partial charge in [0.25, 0.3) is 0 Å². The van der Waals surface area contributed by atoms with Gasteiger partial charge in [-0.3, -0.25) is 0 Å². The lowest BCUT2D eigenvalue weighted by atomic mass is 9.83. The maximum Gasteiger partial charge on any atom is 0.343 e. The first-order valence-corrected chi connectivity index (χ1v) is 13.4. The summed E-state index contributed by atoms with van der Waals surface area (Å²) in [5.41, 5.74) is 9.11. The van der Waals surface area contributed by atoms with E-state index >= 15 is 0 Å². The molecule has 2 N–H and O–H groups in total. The zero-order chi connectivity index (χ0) is 30.5. The van der Waals surface area contributed by atoms with E-state index in [2.05, 4.69) is 6.07 Å². The zero-order valence-corrected chi connectivity index (χ0v) is 24.3. The Morgan fingerprint density at radius 2 is 1.56 bits per heavy atom. The Hall–Kier alpha value is -5.33. The van der Waals surface area contributed by atoms with Crippen LogP contribution in [0, 0.1) is 11.3 Å². The van der Waals surface area contributed by atoms with Crippen molar-refractivity contribution < 1.29 is 33.2 Å². The van der Waals surface area contributed by atoms with E-state index in [0.29, 0.717) is 45.9 Å². The summed E-state index contributed by atoms with van der Waals surface area (Å²) < 4.78 is 33.3. The fourth-order valence-electron chi connectivity index (χ4n) is 4.71. The highest BCUT2D eigenvalue weighted by Gasteiger charge is 2.31. The SMILES string of the molecule is COc1cc(C(=O)Oc2ccc3c(c2)OC(N)=C(C#N)C3c2ccc(OCc3ccc(Cl)cc3)cc2)cc(OC)c1OC. The highest BCUT2D eigenvalue weighted by molar-refractivity contribution is 6.30. The molecule has 43 heavy (non-hydrogen) atoms. The topological polar surface area (TPSA) is 122 Å². The van der Waals surface area contributed by atoms with Crippen molar-refractivity contribution in [1.29, 1.82) is 5.26 Å². The number of rotatable bonds is 9. The van der Waals surface area contributed by atoms with E-state index in [-0.39, 0.29) is 22.8 Å². The van der Waals surface area contributed by atoms with E-state index in [0.717, 1.165) is 11.1 Å². The number of carbonyl (C=O) groups is 1. The summed E-state index contributed by atoms with van der Waals surface area (Å²) in [5.74, 6) is 1.04. The Labute approximate surface area is 253 Å². The van der Waals surface area contributed by atoms with Crippen molar-refractivity contribution in [2.75, 3.05) is 21.3 Å². The van der Waals surface area contributed by atoms with Crippen LogP contribution in [-0.2, 0) is 6.61 Å². The van der Waals surface area contributed by atoms with Crippen LogP contribution in [0.3, 0.4) is 0 Å². The van der Waals surface area contributed by atoms with Crippen LogP contribution in [0.25, 0.3) is 0 Å². The van der Waals surface area contributed by atoms with Gasteiger partial charge in [0.05, 0.1) is 32.8 Å². The van der Waals surface area contributed by atoms with Gasteiger partial charge in [0, 0.05) is 16.7 Å². The molecule has 0 spiro atoms. The number of fused-ring (bicyclic) bond motifs is 1. The second kappa shape index (κ2) is 12.7. The normalized spacial score (nSPS) is 13.7. The predicted octanol–water partition coefficient (Wildman–Crippen LogP) is 6.38. The largest absolute Gasteiger partial charge is 0.493 e. The standard InChI is InChI=1S/C33H27ClN2O7/c1-38-28-14-21(15-29(39-2)31(28)40-3)33(37)42-24-12-13-25-27(16-24)43-32(36)26(17-35)30(25)20-6-10-23(11-7-20)41-18-19-4-8-22(34)9-5-19/h4-16,30H,18,36H2,1-3H3. The number of esters is 1. The average molecular weight is 599 g/mol. The molecule has 4 aromatic carbocycles. The van der Waals surface area contributed by atoms with E-state index < -0.39 is 11.9 Å². The van der Waals surface area contributed by atoms with Gasteiger partial charge in [-0.25, -0.2) is 4.79 Å². The van der Waals surface area contributed by atoms with Crippen LogP contribution in [0.15, 0.2) is 90.3 Å². The van der Waals surface area contributed by atoms with Crippen molar-refractivity contribution >= 4 is 17.6 Å². The molecule has 5 rings (SSSR count). The van der Waals surface area contributed by atoms with Crippen LogP contribution in [0.4, 0.5) is 0 Å². The molecular weight excluding hydrogens is 572 g/mol. The van der Waals surface area contributed by atoms with E-state index in [4.69, 9.17) is 45.8 Å². The minimum atomic E-state index is -0.651. The number of nitrogens with two attached hydrogens (primary N) is 1. The number of carbonyl (C=O) groups excluding carboxylic acids is 1. The second-order valence-corrected chi connectivity index (χ2v) is 9.85. The Bertz CT molecular complexity index is 1700. The van der Waals surface area contributed by atoms with Crippen LogP contribution in [0.5, 0.6) is 34.5 Å². The van der Waals surface area contributed by atoms with E-state index in [1.54, 1.807) is 18.2 Å². The quantitative estimate of drug-likeness (QED) is 0.173. The molecule has 1 unspecified atom stereocenters. The first-order chi connectivity index (χ1) is 20.8. The molecule has 0 radical (unpaired) electrons. The van der Waals surface area contributed by atoms with Crippen LogP contribution in [0.2, 0.25) is 5.02 Å². The maximum atomic E-state index is 13.0. The zero-order valence-electron chi connectivity index (χ0n) is 23.6. The third kappa shape index (κ3) is 6.15. The minimum absolute atomic E-state index is 0.0313. The lowest BCUT2D eigenvalue weighted by Gasteiger charge is -2.27.